The van der Waals surface area contributed by atoms with Gasteiger partial charge in [-0.3, -0.25) is 9.69 Å². The van der Waals surface area contributed by atoms with E-state index in [9.17, 15) is 9.90 Å². The van der Waals surface area contributed by atoms with Crippen LogP contribution in [0.4, 0.5) is 0 Å². The van der Waals surface area contributed by atoms with Crippen molar-refractivity contribution in [3.8, 4) is 5.75 Å². The summed E-state index contributed by atoms with van der Waals surface area (Å²) in [7, 11) is 0. The van der Waals surface area contributed by atoms with Gasteiger partial charge in [-0.15, -0.1) is 0 Å². The smallest absolute Gasteiger partial charge is 0.224 e. The average molecular weight is 262 g/mol. The Balaban J connectivity index is 1.80. The molecule has 104 valence electrons. The van der Waals surface area contributed by atoms with E-state index >= 15 is 0 Å². The summed E-state index contributed by atoms with van der Waals surface area (Å²) >= 11 is 0. The van der Waals surface area contributed by atoms with Crippen LogP contribution < -0.4 is 5.32 Å². The second-order valence-corrected chi connectivity index (χ2v) is 5.03. The van der Waals surface area contributed by atoms with Crippen LogP contribution in [0.25, 0.3) is 0 Å². The number of phenols is 1. The molecule has 1 saturated heterocycles. The zero-order chi connectivity index (χ0) is 13.7. The Kier molecular flexibility index (Phi) is 4.80. The van der Waals surface area contributed by atoms with Gasteiger partial charge in [0.1, 0.15) is 5.75 Å². The molecule has 1 aliphatic rings. The van der Waals surface area contributed by atoms with Gasteiger partial charge in [0.05, 0.1) is 6.42 Å². The molecule has 1 aromatic carbocycles. The van der Waals surface area contributed by atoms with E-state index in [1.807, 2.05) is 6.07 Å². The Bertz CT molecular complexity index is 434. The number of hydrogen-bond acceptors (Lipinski definition) is 3. The maximum Gasteiger partial charge on any atom is 0.224 e. The molecule has 2 N–H and O–H groups in total. The Morgan fingerprint density at radius 3 is 3.00 bits per heavy atom. The lowest BCUT2D eigenvalue weighted by Gasteiger charge is -2.22. The number of nitrogens with one attached hydrogen (secondary N) is 1. The van der Waals surface area contributed by atoms with Crippen LogP contribution in [0.2, 0.25) is 0 Å². The molecular weight excluding hydrogens is 240 g/mol. The number of likely N-dealkylation sites (N-methyl/N-ethyl adjacent to an activating group) is 1. The molecule has 1 unspecified atom stereocenters. The Hall–Kier alpha value is -1.55. The molecule has 0 radical (unpaired) electrons. The van der Waals surface area contributed by atoms with Gasteiger partial charge in [-0.2, -0.15) is 0 Å². The van der Waals surface area contributed by atoms with Crippen LogP contribution in [0, 0.1) is 0 Å². The summed E-state index contributed by atoms with van der Waals surface area (Å²) in [5.74, 6) is 0.165. The third-order valence-electron chi connectivity index (χ3n) is 3.78. The van der Waals surface area contributed by atoms with E-state index in [2.05, 4.69) is 17.1 Å². The molecule has 4 heteroatoms. The molecule has 4 nitrogen and oxygen atoms in total. The highest BCUT2D eigenvalue weighted by Crippen LogP contribution is 2.17. The molecule has 19 heavy (non-hydrogen) atoms. The lowest BCUT2D eigenvalue weighted by molar-refractivity contribution is -0.120. The number of aromatic hydroxyl groups is 1. The highest BCUT2D eigenvalue weighted by molar-refractivity contribution is 5.79. The minimum absolute atomic E-state index is 0.0237. The fraction of sp³-hybridized carbons (Fsp3) is 0.533. The van der Waals surface area contributed by atoms with Crippen molar-refractivity contribution in [3.05, 3.63) is 29.8 Å². The number of carbonyl (C=O) groups excluding carboxylic acids is 1. The third-order valence-corrected chi connectivity index (χ3v) is 3.78. The minimum atomic E-state index is -0.0237. The summed E-state index contributed by atoms with van der Waals surface area (Å²) in [4.78, 5) is 14.3. The maximum absolute atomic E-state index is 11.9. The van der Waals surface area contributed by atoms with Gasteiger partial charge in [-0.1, -0.05) is 25.1 Å². The summed E-state index contributed by atoms with van der Waals surface area (Å²) in [6, 6.07) is 7.45. The molecule has 0 aromatic heterocycles. The highest BCUT2D eigenvalue weighted by Gasteiger charge is 2.23. The average Bonchev–Trinajstić information content (AvgIpc) is 2.86. The molecule has 0 bridgehead atoms. The van der Waals surface area contributed by atoms with E-state index in [-0.39, 0.29) is 18.1 Å². The summed E-state index contributed by atoms with van der Waals surface area (Å²) in [6.45, 7) is 5.04. The summed E-state index contributed by atoms with van der Waals surface area (Å²) in [6.07, 6.45) is 2.62. The topological polar surface area (TPSA) is 52.6 Å². The van der Waals surface area contributed by atoms with E-state index in [4.69, 9.17) is 0 Å². The number of nitrogens with zero attached hydrogens (tertiary/aromatic N) is 1. The molecule has 0 spiro atoms. The van der Waals surface area contributed by atoms with Crippen molar-refractivity contribution in [1.29, 1.82) is 0 Å². The number of carbonyl (C=O) groups is 1. The predicted octanol–water partition coefficient (Wildman–Crippen LogP) is 1.54. The quantitative estimate of drug-likeness (QED) is 0.846. The zero-order valence-corrected chi connectivity index (χ0v) is 11.4. The predicted molar refractivity (Wildman–Crippen MR) is 75.1 cm³/mol. The molecule has 1 aliphatic heterocycles. The first kappa shape index (κ1) is 13.9. The van der Waals surface area contributed by atoms with E-state index in [0.29, 0.717) is 18.2 Å². The van der Waals surface area contributed by atoms with Crippen molar-refractivity contribution in [2.75, 3.05) is 19.6 Å². The van der Waals surface area contributed by atoms with Gasteiger partial charge >= 0.3 is 0 Å². The van der Waals surface area contributed by atoms with E-state index < -0.39 is 0 Å². The van der Waals surface area contributed by atoms with Gasteiger partial charge in [0.2, 0.25) is 5.91 Å². The molecule has 1 atom stereocenters. The number of amides is 1. The van der Waals surface area contributed by atoms with Gasteiger partial charge in [0, 0.05) is 18.2 Å². The van der Waals surface area contributed by atoms with Gasteiger partial charge < -0.3 is 10.4 Å². The van der Waals surface area contributed by atoms with Crippen molar-refractivity contribution >= 4 is 5.91 Å². The van der Waals surface area contributed by atoms with E-state index in [0.717, 1.165) is 19.5 Å². The summed E-state index contributed by atoms with van der Waals surface area (Å²) in [5.41, 5.74) is 0.679. The van der Waals surface area contributed by atoms with Crippen LogP contribution in [-0.4, -0.2) is 41.6 Å². The largest absolute Gasteiger partial charge is 0.508 e. The van der Waals surface area contributed by atoms with Crippen molar-refractivity contribution in [2.24, 2.45) is 0 Å². The Morgan fingerprint density at radius 2 is 2.26 bits per heavy atom. The monoisotopic (exact) mass is 262 g/mol. The number of phenolic OH excluding ortho intramolecular Hbond substituents is 1. The second-order valence-electron chi connectivity index (χ2n) is 5.03. The van der Waals surface area contributed by atoms with Crippen molar-refractivity contribution in [1.82, 2.24) is 10.2 Å². The fourth-order valence-electron chi connectivity index (χ4n) is 2.67. The molecule has 0 aliphatic carbocycles. The van der Waals surface area contributed by atoms with E-state index in [1.165, 1.54) is 6.42 Å². The first-order chi connectivity index (χ1) is 9.20. The molecule has 1 heterocycles. The molecule has 2 rings (SSSR count). The van der Waals surface area contributed by atoms with Gasteiger partial charge in [0.15, 0.2) is 0 Å². The Morgan fingerprint density at radius 1 is 1.47 bits per heavy atom. The lowest BCUT2D eigenvalue weighted by Crippen LogP contribution is -2.40. The molecule has 0 saturated carbocycles. The lowest BCUT2D eigenvalue weighted by atomic mass is 10.1. The van der Waals surface area contributed by atoms with Crippen LogP contribution in [0.1, 0.15) is 25.3 Å². The number of rotatable bonds is 5. The van der Waals surface area contributed by atoms with Gasteiger partial charge in [0.25, 0.3) is 0 Å². The van der Waals surface area contributed by atoms with Crippen LogP contribution in [0.15, 0.2) is 24.3 Å². The minimum Gasteiger partial charge on any atom is -0.508 e. The van der Waals surface area contributed by atoms with Crippen molar-refractivity contribution < 1.29 is 9.90 Å². The number of likely N-dealkylation sites (tertiary alicyclic amines) is 1. The summed E-state index contributed by atoms with van der Waals surface area (Å²) < 4.78 is 0. The Labute approximate surface area is 114 Å². The van der Waals surface area contributed by atoms with Crippen molar-refractivity contribution in [3.63, 3.8) is 0 Å². The molecule has 1 amide bonds. The SMILES string of the molecule is CCN1CCCC1CNC(=O)Cc1ccccc1O. The highest BCUT2D eigenvalue weighted by atomic mass is 16.3. The van der Waals surface area contributed by atoms with Crippen molar-refractivity contribution in [2.45, 2.75) is 32.2 Å². The molecule has 1 aromatic rings. The first-order valence-corrected chi connectivity index (χ1v) is 6.98. The number of benzene rings is 1. The maximum atomic E-state index is 11.9. The fourth-order valence-corrected chi connectivity index (χ4v) is 2.67. The molecule has 1 fully saturated rings. The first-order valence-electron chi connectivity index (χ1n) is 6.98. The zero-order valence-electron chi connectivity index (χ0n) is 11.4. The van der Waals surface area contributed by atoms with Crippen LogP contribution in [-0.2, 0) is 11.2 Å². The van der Waals surface area contributed by atoms with Crippen LogP contribution in [0.5, 0.6) is 5.75 Å². The van der Waals surface area contributed by atoms with Crippen LogP contribution in [0.3, 0.4) is 0 Å². The van der Waals surface area contributed by atoms with Gasteiger partial charge in [-0.05, 0) is 32.0 Å². The second kappa shape index (κ2) is 6.57. The number of para-hydroxylation sites is 1. The standard InChI is InChI=1S/C15H22N2O2/c1-2-17-9-5-7-13(17)11-16-15(19)10-12-6-3-4-8-14(12)18/h3-4,6,8,13,18H,2,5,7,9-11H2,1H3,(H,16,19). The summed E-state index contributed by atoms with van der Waals surface area (Å²) in [5, 5.41) is 12.6. The van der Waals surface area contributed by atoms with Gasteiger partial charge in [-0.25, -0.2) is 0 Å². The third kappa shape index (κ3) is 3.70. The normalized spacial score (nSPS) is 19.5. The molecular formula is C15H22N2O2. The number of hydrogen-bond donors (Lipinski definition) is 2. The van der Waals surface area contributed by atoms with Crippen LogP contribution >= 0.6 is 0 Å². The van der Waals surface area contributed by atoms with E-state index in [1.54, 1.807) is 18.2 Å².